The molecule has 0 saturated carbocycles. The number of fused-ring (bicyclic) bond motifs is 2. The summed E-state index contributed by atoms with van der Waals surface area (Å²) in [6.07, 6.45) is 4.97. The molecule has 1 unspecified atom stereocenters. The van der Waals surface area contributed by atoms with Gasteiger partial charge in [0.15, 0.2) is 17.9 Å². The first-order chi connectivity index (χ1) is 16.2. The number of pyridine rings is 1. The zero-order valence-electron chi connectivity index (χ0n) is 17.6. The summed E-state index contributed by atoms with van der Waals surface area (Å²) in [7, 11) is 0. The van der Waals surface area contributed by atoms with E-state index in [0.717, 1.165) is 42.5 Å². The molecule has 0 radical (unpaired) electrons. The van der Waals surface area contributed by atoms with E-state index in [1.807, 2.05) is 29.1 Å². The molecule has 6 rings (SSSR count). The Morgan fingerprint density at radius 3 is 2.82 bits per heavy atom. The third-order valence-electron chi connectivity index (χ3n) is 5.86. The van der Waals surface area contributed by atoms with Crippen LogP contribution in [0.15, 0.2) is 60.8 Å². The average Bonchev–Trinajstić information content (AvgIpc) is 3.42. The standard InChI is InChI=1S/C24H20ClFN6O/c25-20-7-4-8-21(29-20)31-19-6-3-5-17(26)23(19)24(30-31)28-16-10-11-18-15(13-16)14-27-32(18)22-9-1-2-12-33-22/h3-8,10-11,13-14,22H,1-2,9,12H2,(H,28,30). The number of hydrogen-bond donors (Lipinski definition) is 1. The summed E-state index contributed by atoms with van der Waals surface area (Å²) >= 11 is 6.07. The summed E-state index contributed by atoms with van der Waals surface area (Å²) in [5.74, 6) is 0.536. The minimum Gasteiger partial charge on any atom is -0.356 e. The summed E-state index contributed by atoms with van der Waals surface area (Å²) in [5, 5.41) is 14.1. The molecule has 2 aromatic carbocycles. The van der Waals surface area contributed by atoms with Crippen LogP contribution in [0.3, 0.4) is 0 Å². The van der Waals surface area contributed by atoms with Crippen molar-refractivity contribution in [3.8, 4) is 5.82 Å². The van der Waals surface area contributed by atoms with Crippen molar-refractivity contribution in [1.29, 1.82) is 0 Å². The molecule has 0 bridgehead atoms. The number of halogens is 2. The number of hydrogen-bond acceptors (Lipinski definition) is 5. The molecule has 0 spiro atoms. The quantitative estimate of drug-likeness (QED) is 0.331. The molecule has 0 aliphatic carbocycles. The van der Waals surface area contributed by atoms with Crippen LogP contribution in [0, 0.1) is 5.82 Å². The highest BCUT2D eigenvalue weighted by atomic mass is 35.5. The van der Waals surface area contributed by atoms with E-state index >= 15 is 0 Å². The van der Waals surface area contributed by atoms with Gasteiger partial charge in [-0.1, -0.05) is 23.7 Å². The Morgan fingerprint density at radius 2 is 1.97 bits per heavy atom. The first-order valence-electron chi connectivity index (χ1n) is 10.8. The maximum absolute atomic E-state index is 14.9. The molecule has 1 aliphatic rings. The fourth-order valence-corrected chi connectivity index (χ4v) is 4.48. The zero-order valence-corrected chi connectivity index (χ0v) is 18.3. The van der Waals surface area contributed by atoms with E-state index in [4.69, 9.17) is 16.3 Å². The van der Waals surface area contributed by atoms with Gasteiger partial charge in [-0.25, -0.2) is 18.7 Å². The molecule has 1 saturated heterocycles. The van der Waals surface area contributed by atoms with Gasteiger partial charge >= 0.3 is 0 Å². The number of ether oxygens (including phenoxy) is 1. The predicted octanol–water partition coefficient (Wildman–Crippen LogP) is 6.01. The summed E-state index contributed by atoms with van der Waals surface area (Å²) in [6.45, 7) is 0.758. The van der Waals surface area contributed by atoms with Crippen molar-refractivity contribution < 1.29 is 9.13 Å². The lowest BCUT2D eigenvalue weighted by atomic mass is 10.2. The number of benzene rings is 2. The van der Waals surface area contributed by atoms with Gasteiger partial charge in [-0.2, -0.15) is 5.10 Å². The topological polar surface area (TPSA) is 69.8 Å². The Bertz CT molecular complexity index is 1470. The van der Waals surface area contributed by atoms with E-state index in [1.54, 1.807) is 35.0 Å². The van der Waals surface area contributed by atoms with Crippen LogP contribution in [0.2, 0.25) is 5.15 Å². The Kier molecular flexibility index (Phi) is 4.96. The second kappa shape index (κ2) is 8.13. The molecular formula is C24H20ClFN6O. The predicted molar refractivity (Wildman–Crippen MR) is 126 cm³/mol. The molecule has 7 nitrogen and oxygen atoms in total. The summed E-state index contributed by atoms with van der Waals surface area (Å²) in [5.41, 5.74) is 2.37. The van der Waals surface area contributed by atoms with Crippen LogP contribution in [-0.2, 0) is 4.74 Å². The van der Waals surface area contributed by atoms with Gasteiger partial charge in [-0.05, 0) is 61.7 Å². The molecule has 1 N–H and O–H groups in total. The molecule has 5 aromatic rings. The molecule has 0 amide bonds. The van der Waals surface area contributed by atoms with Crippen LogP contribution >= 0.6 is 11.6 Å². The van der Waals surface area contributed by atoms with Crippen molar-refractivity contribution in [2.75, 3.05) is 11.9 Å². The van der Waals surface area contributed by atoms with Crippen molar-refractivity contribution in [3.05, 3.63) is 71.8 Å². The lowest BCUT2D eigenvalue weighted by Crippen LogP contribution is -2.18. The van der Waals surface area contributed by atoms with E-state index in [9.17, 15) is 4.39 Å². The molecule has 166 valence electrons. The maximum Gasteiger partial charge on any atom is 0.163 e. The van der Waals surface area contributed by atoms with Gasteiger partial charge in [0.2, 0.25) is 0 Å². The fraction of sp³-hybridized carbons (Fsp3) is 0.208. The van der Waals surface area contributed by atoms with Crippen LogP contribution in [0.25, 0.3) is 27.6 Å². The molecular weight excluding hydrogens is 443 g/mol. The van der Waals surface area contributed by atoms with Crippen molar-refractivity contribution in [3.63, 3.8) is 0 Å². The molecule has 4 heterocycles. The van der Waals surface area contributed by atoms with Gasteiger partial charge in [-0.3, -0.25) is 0 Å². The molecule has 9 heteroatoms. The Morgan fingerprint density at radius 1 is 1.06 bits per heavy atom. The molecule has 1 fully saturated rings. The van der Waals surface area contributed by atoms with Crippen molar-refractivity contribution in [2.24, 2.45) is 0 Å². The molecule has 33 heavy (non-hydrogen) atoms. The van der Waals surface area contributed by atoms with Crippen LogP contribution < -0.4 is 5.32 Å². The van der Waals surface area contributed by atoms with Crippen molar-refractivity contribution in [1.82, 2.24) is 24.5 Å². The van der Waals surface area contributed by atoms with Gasteiger partial charge in [0, 0.05) is 17.7 Å². The number of nitrogens with zero attached hydrogens (tertiary/aromatic N) is 5. The monoisotopic (exact) mass is 462 g/mol. The highest BCUT2D eigenvalue weighted by Gasteiger charge is 2.20. The van der Waals surface area contributed by atoms with E-state index in [-0.39, 0.29) is 12.0 Å². The third-order valence-corrected chi connectivity index (χ3v) is 6.07. The van der Waals surface area contributed by atoms with Crippen LogP contribution in [-0.4, -0.2) is 31.2 Å². The summed E-state index contributed by atoms with van der Waals surface area (Å²) in [6, 6.07) is 16.0. The number of anilines is 2. The largest absolute Gasteiger partial charge is 0.356 e. The minimum atomic E-state index is -0.369. The number of nitrogens with one attached hydrogen (secondary N) is 1. The smallest absolute Gasteiger partial charge is 0.163 e. The zero-order chi connectivity index (χ0) is 22.4. The van der Waals surface area contributed by atoms with Crippen LogP contribution in [0.1, 0.15) is 25.5 Å². The van der Waals surface area contributed by atoms with Gasteiger partial charge in [0.25, 0.3) is 0 Å². The normalized spacial score (nSPS) is 16.5. The van der Waals surface area contributed by atoms with Gasteiger partial charge in [-0.15, -0.1) is 5.10 Å². The van der Waals surface area contributed by atoms with Gasteiger partial charge in [0.05, 0.1) is 22.6 Å². The Labute approximate surface area is 193 Å². The molecule has 1 atom stereocenters. The first-order valence-corrected chi connectivity index (χ1v) is 11.2. The summed E-state index contributed by atoms with van der Waals surface area (Å²) in [4.78, 5) is 4.32. The lowest BCUT2D eigenvalue weighted by molar-refractivity contribution is -0.0366. The number of rotatable bonds is 4. The van der Waals surface area contributed by atoms with E-state index in [1.165, 1.54) is 6.07 Å². The highest BCUT2D eigenvalue weighted by Crippen LogP contribution is 2.32. The Hall–Kier alpha value is -3.49. The Balaban J connectivity index is 1.39. The summed E-state index contributed by atoms with van der Waals surface area (Å²) < 4.78 is 24.3. The average molecular weight is 463 g/mol. The first kappa shape index (κ1) is 20.1. The lowest BCUT2D eigenvalue weighted by Gasteiger charge is -2.23. The van der Waals surface area contributed by atoms with E-state index in [0.29, 0.717) is 27.7 Å². The van der Waals surface area contributed by atoms with E-state index in [2.05, 4.69) is 20.5 Å². The minimum absolute atomic E-state index is 0.0333. The molecule has 3 aromatic heterocycles. The molecule has 1 aliphatic heterocycles. The van der Waals surface area contributed by atoms with Crippen LogP contribution in [0.4, 0.5) is 15.9 Å². The van der Waals surface area contributed by atoms with E-state index < -0.39 is 0 Å². The van der Waals surface area contributed by atoms with Crippen molar-refractivity contribution in [2.45, 2.75) is 25.5 Å². The number of aromatic nitrogens is 5. The second-order valence-corrected chi connectivity index (χ2v) is 8.41. The van der Waals surface area contributed by atoms with Gasteiger partial charge in [0.1, 0.15) is 11.0 Å². The highest BCUT2D eigenvalue weighted by molar-refractivity contribution is 6.29. The fourth-order valence-electron chi connectivity index (χ4n) is 4.32. The second-order valence-electron chi connectivity index (χ2n) is 8.02. The SMILES string of the molecule is Fc1cccc2c1c(Nc1ccc3c(cnn3C3CCCCO3)c1)nn2-c1cccc(Cl)n1. The van der Waals surface area contributed by atoms with Gasteiger partial charge < -0.3 is 10.1 Å². The van der Waals surface area contributed by atoms with Crippen LogP contribution in [0.5, 0.6) is 0 Å². The van der Waals surface area contributed by atoms with Crippen molar-refractivity contribution >= 4 is 44.9 Å². The third kappa shape index (κ3) is 3.61. The maximum atomic E-state index is 14.9.